The second-order valence-corrected chi connectivity index (χ2v) is 17.2. The van der Waals surface area contributed by atoms with Crippen molar-refractivity contribution in [3.8, 4) is 0 Å². The predicted octanol–water partition coefficient (Wildman–Crippen LogP) is 6.26. The van der Waals surface area contributed by atoms with Gasteiger partial charge in [0.15, 0.2) is 17.4 Å². The molecule has 2 fully saturated rings. The lowest BCUT2D eigenvalue weighted by Crippen LogP contribution is -2.66. The summed E-state index contributed by atoms with van der Waals surface area (Å²) in [6.45, 7) is 12.1. The summed E-state index contributed by atoms with van der Waals surface area (Å²) in [6, 6.07) is 22.0. The van der Waals surface area contributed by atoms with Crippen molar-refractivity contribution in [3.63, 3.8) is 0 Å². The van der Waals surface area contributed by atoms with Crippen molar-refractivity contribution in [2.24, 2.45) is 5.92 Å². The van der Waals surface area contributed by atoms with E-state index >= 15 is 8.78 Å². The fraction of sp³-hybridized carbons (Fsp3) is 0.457. The highest BCUT2D eigenvalue weighted by Gasteiger charge is 2.50. The molecule has 2 aliphatic rings. The normalized spacial score (nSPS) is 20.3. The Morgan fingerprint density at radius 3 is 1.95 bits per heavy atom. The first-order valence-corrected chi connectivity index (χ1v) is 17.2. The van der Waals surface area contributed by atoms with Crippen LogP contribution in [0.5, 0.6) is 0 Å². The number of ether oxygens (including phenoxy) is 2. The second-order valence-electron chi connectivity index (χ2n) is 12.9. The number of carbonyl (C=O) groups is 1. The standard InChI is InChI=1S/C35H43F2NO4Si/c1-24-21-38(22-25(2)42-24)33-27(20-30(31(36)32(33)37)34(39)26-16-18-40-19-17-26)23-41-43(35(3,4)5,28-12-8-6-9-13-28)29-14-10-7-11-15-29/h6-15,20,24-26H,16-19,21-23H2,1-5H3/t24-,25+. The zero-order chi connectivity index (χ0) is 30.8. The van der Waals surface area contributed by atoms with E-state index in [-0.39, 0.29) is 40.9 Å². The average molecular weight is 608 g/mol. The number of halogens is 2. The molecule has 0 saturated carbocycles. The lowest BCUT2D eigenvalue weighted by Gasteiger charge is -2.43. The van der Waals surface area contributed by atoms with Crippen molar-refractivity contribution < 1.29 is 27.5 Å². The van der Waals surface area contributed by atoms with Gasteiger partial charge in [0.05, 0.1) is 30.1 Å². The van der Waals surface area contributed by atoms with E-state index in [1.54, 1.807) is 6.07 Å². The molecule has 0 N–H and O–H groups in total. The molecule has 0 aromatic heterocycles. The van der Waals surface area contributed by atoms with Gasteiger partial charge in [0, 0.05) is 37.8 Å². The van der Waals surface area contributed by atoms with Gasteiger partial charge >= 0.3 is 0 Å². The zero-order valence-corrected chi connectivity index (χ0v) is 26.9. The molecule has 0 aliphatic carbocycles. The number of carbonyl (C=O) groups excluding carboxylic acids is 1. The lowest BCUT2D eigenvalue weighted by atomic mass is 9.89. The molecule has 5 rings (SSSR count). The van der Waals surface area contributed by atoms with Crippen LogP contribution in [0, 0.1) is 17.6 Å². The molecule has 2 aliphatic heterocycles. The first kappa shape index (κ1) is 31.5. The number of hydrogen-bond acceptors (Lipinski definition) is 5. The Hall–Kier alpha value is -2.91. The molecule has 2 atom stereocenters. The summed E-state index contributed by atoms with van der Waals surface area (Å²) >= 11 is 0. The Labute approximate surface area is 255 Å². The number of hydrogen-bond donors (Lipinski definition) is 0. The minimum Gasteiger partial charge on any atom is -0.403 e. The van der Waals surface area contributed by atoms with Gasteiger partial charge in [-0.05, 0) is 48.2 Å². The number of ketones is 1. The van der Waals surface area contributed by atoms with E-state index in [4.69, 9.17) is 13.9 Å². The van der Waals surface area contributed by atoms with Crippen molar-refractivity contribution in [1.29, 1.82) is 0 Å². The summed E-state index contributed by atoms with van der Waals surface area (Å²) in [5, 5.41) is 1.87. The van der Waals surface area contributed by atoms with Crippen LogP contribution in [0.25, 0.3) is 0 Å². The minimum absolute atomic E-state index is 0.0218. The SMILES string of the molecule is C[C@@H]1CN(c2c(CO[Si](c3ccccc3)(c3ccccc3)C(C)(C)C)cc(C(=O)C3CCOCC3)c(F)c2F)C[C@H](C)O1. The van der Waals surface area contributed by atoms with Crippen LogP contribution in [-0.4, -0.2) is 52.6 Å². The number of rotatable bonds is 8. The van der Waals surface area contributed by atoms with Crippen molar-refractivity contribution in [1.82, 2.24) is 0 Å². The Bertz CT molecular complexity index is 1360. The van der Waals surface area contributed by atoms with Crippen molar-refractivity contribution in [2.45, 2.75) is 71.3 Å². The number of Topliss-reactive ketones (excluding diaryl/α,β-unsaturated/α-hetero) is 1. The van der Waals surface area contributed by atoms with Crippen LogP contribution < -0.4 is 15.3 Å². The van der Waals surface area contributed by atoms with E-state index < -0.39 is 25.9 Å². The van der Waals surface area contributed by atoms with Crippen LogP contribution >= 0.6 is 0 Å². The van der Waals surface area contributed by atoms with E-state index in [1.807, 2.05) is 55.1 Å². The Balaban J connectivity index is 1.65. The Morgan fingerprint density at radius 2 is 1.44 bits per heavy atom. The van der Waals surface area contributed by atoms with Gasteiger partial charge < -0.3 is 18.8 Å². The second kappa shape index (κ2) is 13.0. The molecule has 43 heavy (non-hydrogen) atoms. The fourth-order valence-corrected chi connectivity index (χ4v) is 11.3. The third-order valence-electron chi connectivity index (χ3n) is 8.71. The molecule has 0 unspecified atom stereocenters. The smallest absolute Gasteiger partial charge is 0.261 e. The third-order valence-corrected chi connectivity index (χ3v) is 13.7. The highest BCUT2D eigenvalue weighted by molar-refractivity contribution is 6.99. The van der Waals surface area contributed by atoms with Crippen LogP contribution in [0.3, 0.4) is 0 Å². The lowest BCUT2D eigenvalue weighted by molar-refractivity contribution is -0.00554. The fourth-order valence-electron chi connectivity index (χ4n) is 6.79. The van der Waals surface area contributed by atoms with Gasteiger partial charge in [-0.2, -0.15) is 0 Å². The predicted molar refractivity (Wildman–Crippen MR) is 169 cm³/mol. The number of morpholine rings is 1. The maximum Gasteiger partial charge on any atom is 0.261 e. The van der Waals surface area contributed by atoms with Gasteiger partial charge in [0.25, 0.3) is 8.32 Å². The van der Waals surface area contributed by atoms with Gasteiger partial charge in [0.1, 0.15) is 0 Å². The molecular weight excluding hydrogens is 564 g/mol. The summed E-state index contributed by atoms with van der Waals surface area (Å²) in [5.41, 5.74) is 0.424. The highest BCUT2D eigenvalue weighted by atomic mass is 28.4. The average Bonchev–Trinajstić information content (AvgIpc) is 2.99. The molecule has 0 spiro atoms. The quantitative estimate of drug-likeness (QED) is 0.223. The molecule has 0 bridgehead atoms. The van der Waals surface area contributed by atoms with Gasteiger partial charge in [-0.1, -0.05) is 81.4 Å². The topological polar surface area (TPSA) is 48.0 Å². The van der Waals surface area contributed by atoms with Crippen molar-refractivity contribution in [3.05, 3.63) is 89.5 Å². The van der Waals surface area contributed by atoms with Gasteiger partial charge in [-0.3, -0.25) is 4.79 Å². The van der Waals surface area contributed by atoms with Gasteiger partial charge in [-0.25, -0.2) is 8.78 Å². The first-order valence-electron chi connectivity index (χ1n) is 15.3. The van der Waals surface area contributed by atoms with Crippen LogP contribution in [-0.2, 0) is 20.5 Å². The number of benzene rings is 3. The summed E-state index contributed by atoms with van der Waals surface area (Å²) in [5.74, 6) is -2.86. The molecule has 3 aromatic carbocycles. The molecule has 2 heterocycles. The summed E-state index contributed by atoms with van der Waals surface area (Å²) in [4.78, 5) is 15.4. The summed E-state index contributed by atoms with van der Waals surface area (Å²) in [6.07, 6.45) is 0.655. The Morgan fingerprint density at radius 1 is 0.907 bits per heavy atom. The minimum atomic E-state index is -3.00. The molecule has 3 aromatic rings. The first-order chi connectivity index (χ1) is 20.5. The molecule has 5 nitrogen and oxygen atoms in total. The molecule has 230 valence electrons. The molecular formula is C35H43F2NO4Si. The van der Waals surface area contributed by atoms with Crippen LogP contribution in [0.4, 0.5) is 14.5 Å². The zero-order valence-electron chi connectivity index (χ0n) is 25.9. The van der Waals surface area contributed by atoms with Gasteiger partial charge in [-0.15, -0.1) is 0 Å². The van der Waals surface area contributed by atoms with E-state index in [0.717, 1.165) is 10.4 Å². The van der Waals surface area contributed by atoms with Crippen LogP contribution in [0.2, 0.25) is 5.04 Å². The summed E-state index contributed by atoms with van der Waals surface area (Å²) < 4.78 is 50.7. The number of nitrogens with zero attached hydrogens (tertiary/aromatic N) is 1. The largest absolute Gasteiger partial charge is 0.403 e. The van der Waals surface area contributed by atoms with Gasteiger partial charge in [0.2, 0.25) is 0 Å². The summed E-state index contributed by atoms with van der Waals surface area (Å²) in [7, 11) is -3.00. The van der Waals surface area contributed by atoms with Crippen LogP contribution in [0.15, 0.2) is 66.7 Å². The highest BCUT2D eigenvalue weighted by Crippen LogP contribution is 2.39. The van der Waals surface area contributed by atoms with E-state index in [1.165, 1.54) is 0 Å². The van der Waals surface area contributed by atoms with Crippen molar-refractivity contribution >= 4 is 30.2 Å². The molecule has 2 saturated heterocycles. The third kappa shape index (κ3) is 6.34. The van der Waals surface area contributed by atoms with E-state index in [9.17, 15) is 4.79 Å². The van der Waals surface area contributed by atoms with Crippen molar-refractivity contribution in [2.75, 3.05) is 31.2 Å². The molecule has 0 radical (unpaired) electrons. The van der Waals surface area contributed by atoms with E-state index in [2.05, 4.69) is 45.0 Å². The number of anilines is 1. The monoisotopic (exact) mass is 607 g/mol. The Kier molecular flexibility index (Phi) is 9.51. The van der Waals surface area contributed by atoms with E-state index in [0.29, 0.717) is 44.7 Å². The van der Waals surface area contributed by atoms with Crippen LogP contribution in [0.1, 0.15) is 63.4 Å². The molecule has 8 heteroatoms. The maximum atomic E-state index is 16.3. The molecule has 0 amide bonds. The maximum absolute atomic E-state index is 16.3.